The summed E-state index contributed by atoms with van der Waals surface area (Å²) in [6.07, 6.45) is 7.08. The second-order valence-corrected chi connectivity index (χ2v) is 4.64. The first-order chi connectivity index (χ1) is 6.20. The molecule has 0 amide bonds. The molecule has 0 aromatic carbocycles. The molecule has 1 N–H and O–H groups in total. The molecular formula is C10H22O2S. The largest absolute Gasteiger partial charge is 0.306 e. The molecule has 0 bridgehead atoms. The predicted octanol–water partition coefficient (Wildman–Crippen LogP) is 3.20. The van der Waals surface area contributed by atoms with Crippen LogP contribution in [0.5, 0.6) is 0 Å². The van der Waals surface area contributed by atoms with Gasteiger partial charge in [-0.2, -0.15) is 0 Å². The van der Waals surface area contributed by atoms with Crippen molar-refractivity contribution in [3.05, 3.63) is 0 Å². The second kappa shape index (κ2) is 8.70. The fraction of sp³-hybridized carbons (Fsp3) is 1.00. The molecule has 3 heteroatoms. The fourth-order valence-electron chi connectivity index (χ4n) is 1.50. The molecule has 0 fully saturated rings. The molecule has 0 rings (SSSR count). The van der Waals surface area contributed by atoms with Gasteiger partial charge in [0, 0.05) is 5.75 Å². The van der Waals surface area contributed by atoms with Crippen LogP contribution in [0.2, 0.25) is 0 Å². The minimum atomic E-state index is -1.60. The fourth-order valence-corrected chi connectivity index (χ4v) is 2.04. The molecule has 0 saturated heterocycles. The van der Waals surface area contributed by atoms with E-state index in [1.54, 1.807) is 0 Å². The first-order valence-electron chi connectivity index (χ1n) is 5.28. The Kier molecular flexibility index (Phi) is 8.77. The van der Waals surface area contributed by atoms with Crippen molar-refractivity contribution < 1.29 is 8.76 Å². The summed E-state index contributed by atoms with van der Waals surface area (Å²) in [5.74, 6) is 1.10. The highest BCUT2D eigenvalue weighted by molar-refractivity contribution is 7.79. The lowest BCUT2D eigenvalue weighted by molar-refractivity contribution is 0.430. The lowest BCUT2D eigenvalue weighted by atomic mass is 9.96. The molecule has 0 spiro atoms. The van der Waals surface area contributed by atoms with Crippen molar-refractivity contribution in [2.45, 2.75) is 52.4 Å². The molecule has 0 aromatic heterocycles. The average molecular weight is 206 g/mol. The van der Waals surface area contributed by atoms with E-state index < -0.39 is 11.1 Å². The van der Waals surface area contributed by atoms with Crippen molar-refractivity contribution in [1.29, 1.82) is 0 Å². The quantitative estimate of drug-likeness (QED) is 0.489. The lowest BCUT2D eigenvalue weighted by Crippen LogP contribution is -2.05. The van der Waals surface area contributed by atoms with Crippen LogP contribution in [0, 0.1) is 5.92 Å². The van der Waals surface area contributed by atoms with E-state index >= 15 is 0 Å². The van der Waals surface area contributed by atoms with Crippen LogP contribution in [0.15, 0.2) is 0 Å². The van der Waals surface area contributed by atoms with E-state index in [1.165, 1.54) is 25.7 Å². The molecule has 0 aliphatic heterocycles. The summed E-state index contributed by atoms with van der Waals surface area (Å²) in [6, 6.07) is 0. The van der Waals surface area contributed by atoms with Gasteiger partial charge in [0.05, 0.1) is 0 Å². The standard InChI is InChI=1S/C10H22O2S/c1-3-5-6-7-10(4-2)8-9-13(11)12/h10H,3-9H2,1-2H3,(H,11,12). The molecule has 2 nitrogen and oxygen atoms in total. The Bertz CT molecular complexity index is 137. The van der Waals surface area contributed by atoms with Gasteiger partial charge in [-0.05, 0) is 12.3 Å². The first kappa shape index (κ1) is 13.1. The zero-order chi connectivity index (χ0) is 10.1. The summed E-state index contributed by atoms with van der Waals surface area (Å²) in [5.41, 5.74) is 0. The third kappa shape index (κ3) is 8.44. The monoisotopic (exact) mass is 206 g/mol. The van der Waals surface area contributed by atoms with Gasteiger partial charge in [0.2, 0.25) is 0 Å². The van der Waals surface area contributed by atoms with Gasteiger partial charge in [-0.3, -0.25) is 0 Å². The number of hydrogen-bond donors (Lipinski definition) is 1. The Morgan fingerprint density at radius 3 is 2.38 bits per heavy atom. The summed E-state index contributed by atoms with van der Waals surface area (Å²) in [6.45, 7) is 4.36. The van der Waals surface area contributed by atoms with E-state index in [9.17, 15) is 4.21 Å². The van der Waals surface area contributed by atoms with E-state index in [0.717, 1.165) is 12.8 Å². The molecule has 0 heterocycles. The minimum absolute atomic E-state index is 0.449. The maximum Gasteiger partial charge on any atom is 0.152 e. The van der Waals surface area contributed by atoms with Crippen molar-refractivity contribution in [2.24, 2.45) is 5.92 Å². The maximum absolute atomic E-state index is 10.5. The van der Waals surface area contributed by atoms with Gasteiger partial charge in [0.1, 0.15) is 0 Å². The molecular weight excluding hydrogens is 184 g/mol. The topological polar surface area (TPSA) is 37.3 Å². The normalized spacial score (nSPS) is 15.6. The molecule has 0 aliphatic carbocycles. The molecule has 0 radical (unpaired) electrons. The van der Waals surface area contributed by atoms with Gasteiger partial charge in [0.15, 0.2) is 11.1 Å². The van der Waals surface area contributed by atoms with Gasteiger partial charge >= 0.3 is 0 Å². The highest BCUT2D eigenvalue weighted by Gasteiger charge is 2.07. The minimum Gasteiger partial charge on any atom is -0.306 e. The van der Waals surface area contributed by atoms with Crippen molar-refractivity contribution in [1.82, 2.24) is 0 Å². The third-order valence-electron chi connectivity index (χ3n) is 2.49. The Morgan fingerprint density at radius 2 is 1.92 bits per heavy atom. The Labute approximate surface area is 84.4 Å². The summed E-state index contributed by atoms with van der Waals surface area (Å²) in [4.78, 5) is 0. The van der Waals surface area contributed by atoms with Gasteiger partial charge in [-0.1, -0.05) is 46.0 Å². The molecule has 80 valence electrons. The predicted molar refractivity (Wildman–Crippen MR) is 58.2 cm³/mol. The van der Waals surface area contributed by atoms with E-state index in [1.807, 2.05) is 0 Å². The Hall–Kier alpha value is 0.110. The van der Waals surface area contributed by atoms with E-state index in [-0.39, 0.29) is 0 Å². The van der Waals surface area contributed by atoms with Gasteiger partial charge in [-0.25, -0.2) is 4.21 Å². The van der Waals surface area contributed by atoms with Crippen molar-refractivity contribution in [2.75, 3.05) is 5.75 Å². The van der Waals surface area contributed by atoms with E-state index in [4.69, 9.17) is 4.55 Å². The summed E-state index contributed by atoms with van der Waals surface area (Å²) < 4.78 is 19.1. The van der Waals surface area contributed by atoms with E-state index in [2.05, 4.69) is 13.8 Å². The van der Waals surface area contributed by atoms with Crippen molar-refractivity contribution >= 4 is 11.1 Å². The number of rotatable bonds is 8. The lowest BCUT2D eigenvalue weighted by Gasteiger charge is -2.12. The van der Waals surface area contributed by atoms with Crippen LogP contribution in [0.4, 0.5) is 0 Å². The summed E-state index contributed by atoms with van der Waals surface area (Å²) in [7, 11) is 0. The maximum atomic E-state index is 10.5. The van der Waals surface area contributed by atoms with Gasteiger partial charge < -0.3 is 4.55 Å². The zero-order valence-corrected chi connectivity index (χ0v) is 9.61. The van der Waals surface area contributed by atoms with Crippen LogP contribution in [0.3, 0.4) is 0 Å². The molecule has 2 unspecified atom stereocenters. The van der Waals surface area contributed by atoms with E-state index in [0.29, 0.717) is 11.7 Å². The first-order valence-corrected chi connectivity index (χ1v) is 6.55. The highest BCUT2D eigenvalue weighted by atomic mass is 32.2. The smallest absolute Gasteiger partial charge is 0.152 e. The van der Waals surface area contributed by atoms with Crippen LogP contribution in [-0.4, -0.2) is 14.5 Å². The Morgan fingerprint density at radius 1 is 1.23 bits per heavy atom. The van der Waals surface area contributed by atoms with Crippen LogP contribution in [-0.2, 0) is 11.1 Å². The molecule has 0 aromatic rings. The average Bonchev–Trinajstić information content (AvgIpc) is 2.10. The van der Waals surface area contributed by atoms with Crippen LogP contribution in [0.1, 0.15) is 52.4 Å². The number of hydrogen-bond acceptors (Lipinski definition) is 1. The van der Waals surface area contributed by atoms with Crippen LogP contribution >= 0.6 is 0 Å². The molecule has 0 saturated carbocycles. The van der Waals surface area contributed by atoms with Crippen LogP contribution < -0.4 is 0 Å². The third-order valence-corrected chi connectivity index (χ3v) is 3.08. The van der Waals surface area contributed by atoms with Gasteiger partial charge in [-0.15, -0.1) is 0 Å². The summed E-state index contributed by atoms with van der Waals surface area (Å²) in [5, 5.41) is 0. The molecule has 13 heavy (non-hydrogen) atoms. The van der Waals surface area contributed by atoms with Gasteiger partial charge in [0.25, 0.3) is 0 Å². The highest BCUT2D eigenvalue weighted by Crippen LogP contribution is 2.17. The number of unbranched alkanes of at least 4 members (excludes halogenated alkanes) is 2. The Balaban J connectivity index is 3.45. The van der Waals surface area contributed by atoms with Crippen LogP contribution in [0.25, 0.3) is 0 Å². The second-order valence-electron chi connectivity index (χ2n) is 3.58. The molecule has 0 aliphatic rings. The SMILES string of the molecule is CCCCCC(CC)CCS(=O)O. The van der Waals surface area contributed by atoms with Crippen molar-refractivity contribution in [3.63, 3.8) is 0 Å². The molecule has 2 atom stereocenters. The zero-order valence-electron chi connectivity index (χ0n) is 8.79. The van der Waals surface area contributed by atoms with Crippen molar-refractivity contribution in [3.8, 4) is 0 Å². The summed E-state index contributed by atoms with van der Waals surface area (Å²) >= 11 is -1.60.